The van der Waals surface area contributed by atoms with Crippen LogP contribution in [0.15, 0.2) is 82.8 Å². The molecule has 174 valence electrons. The molecular formula is C25H24FN5OS2. The number of carbonyl (C=O) groups excluding carboxylic acids is 1. The molecule has 0 aliphatic rings. The van der Waals surface area contributed by atoms with Gasteiger partial charge in [-0.25, -0.2) is 9.18 Å². The summed E-state index contributed by atoms with van der Waals surface area (Å²) in [6.07, 6.45) is 2.01. The van der Waals surface area contributed by atoms with Crippen molar-refractivity contribution >= 4 is 35.2 Å². The van der Waals surface area contributed by atoms with Crippen molar-refractivity contribution in [2.75, 3.05) is 11.6 Å². The molecule has 0 aliphatic heterocycles. The van der Waals surface area contributed by atoms with Crippen LogP contribution >= 0.6 is 23.5 Å². The van der Waals surface area contributed by atoms with Crippen molar-refractivity contribution in [1.82, 2.24) is 20.1 Å². The molecule has 0 bridgehead atoms. The number of benzene rings is 3. The molecular weight excluding hydrogens is 469 g/mol. The summed E-state index contributed by atoms with van der Waals surface area (Å²) in [6, 6.07) is 21.8. The van der Waals surface area contributed by atoms with Gasteiger partial charge in [0.25, 0.3) is 0 Å². The first-order chi connectivity index (χ1) is 16.5. The molecule has 34 heavy (non-hydrogen) atoms. The van der Waals surface area contributed by atoms with Gasteiger partial charge in [0.15, 0.2) is 11.0 Å². The number of hydrogen-bond donors (Lipinski definition) is 2. The number of anilines is 1. The molecule has 2 N–H and O–H groups in total. The van der Waals surface area contributed by atoms with Gasteiger partial charge in [-0.2, -0.15) is 0 Å². The van der Waals surface area contributed by atoms with Gasteiger partial charge in [0.1, 0.15) is 5.82 Å². The lowest BCUT2D eigenvalue weighted by molar-refractivity contribution is 0.251. The second-order valence-corrected chi connectivity index (χ2v) is 9.34. The number of hydrogen-bond acceptors (Lipinski definition) is 5. The van der Waals surface area contributed by atoms with Gasteiger partial charge < -0.3 is 10.6 Å². The van der Waals surface area contributed by atoms with Gasteiger partial charge in [-0.15, -0.1) is 22.0 Å². The second kappa shape index (κ2) is 11.2. The SMILES string of the molecule is CSc1ccc(NC(=O)NCc2nnc(SCc3ccc(F)cc3)n2-c2ccc(C)cc2)cc1. The molecule has 1 heterocycles. The third-order valence-electron chi connectivity index (χ3n) is 5.03. The van der Waals surface area contributed by atoms with Crippen LogP contribution in [0.2, 0.25) is 0 Å². The van der Waals surface area contributed by atoms with Crippen molar-refractivity contribution in [2.24, 2.45) is 0 Å². The Morgan fingerprint density at radius 1 is 0.971 bits per heavy atom. The lowest BCUT2D eigenvalue weighted by Gasteiger charge is -2.12. The lowest BCUT2D eigenvalue weighted by atomic mass is 10.2. The number of aromatic nitrogens is 3. The van der Waals surface area contributed by atoms with E-state index in [4.69, 9.17) is 0 Å². The number of urea groups is 1. The van der Waals surface area contributed by atoms with E-state index in [2.05, 4.69) is 20.8 Å². The number of rotatable bonds is 8. The first-order valence-corrected chi connectivity index (χ1v) is 12.8. The molecule has 0 saturated carbocycles. The number of halogens is 1. The van der Waals surface area contributed by atoms with Gasteiger partial charge in [0.05, 0.1) is 6.54 Å². The van der Waals surface area contributed by atoms with Gasteiger partial charge in [0.2, 0.25) is 0 Å². The van der Waals surface area contributed by atoms with Crippen molar-refractivity contribution in [2.45, 2.75) is 29.3 Å². The molecule has 0 radical (unpaired) electrons. The zero-order chi connectivity index (χ0) is 23.9. The Morgan fingerprint density at radius 2 is 1.68 bits per heavy atom. The number of aryl methyl sites for hydroxylation is 1. The number of thioether (sulfide) groups is 2. The van der Waals surface area contributed by atoms with E-state index in [9.17, 15) is 9.18 Å². The predicted molar refractivity (Wildman–Crippen MR) is 136 cm³/mol. The minimum absolute atomic E-state index is 0.201. The van der Waals surface area contributed by atoms with E-state index >= 15 is 0 Å². The minimum Gasteiger partial charge on any atom is -0.331 e. The van der Waals surface area contributed by atoms with Crippen molar-refractivity contribution in [1.29, 1.82) is 0 Å². The van der Waals surface area contributed by atoms with Gasteiger partial charge in [0, 0.05) is 22.0 Å². The third-order valence-corrected chi connectivity index (χ3v) is 6.77. The Kier molecular flexibility index (Phi) is 7.87. The van der Waals surface area contributed by atoms with Crippen LogP contribution < -0.4 is 10.6 Å². The fraction of sp³-hybridized carbons (Fsp3) is 0.160. The second-order valence-electron chi connectivity index (χ2n) is 7.52. The first-order valence-electron chi connectivity index (χ1n) is 10.6. The van der Waals surface area contributed by atoms with Crippen LogP contribution in [0.5, 0.6) is 0 Å². The van der Waals surface area contributed by atoms with Gasteiger partial charge >= 0.3 is 6.03 Å². The molecule has 0 aliphatic carbocycles. The molecule has 2 amide bonds. The van der Waals surface area contributed by atoms with E-state index in [0.717, 1.165) is 21.7 Å². The maximum Gasteiger partial charge on any atom is 0.319 e. The highest BCUT2D eigenvalue weighted by atomic mass is 32.2. The molecule has 0 fully saturated rings. The zero-order valence-corrected chi connectivity index (χ0v) is 20.4. The summed E-state index contributed by atoms with van der Waals surface area (Å²) in [7, 11) is 0. The summed E-state index contributed by atoms with van der Waals surface area (Å²) in [5, 5.41) is 15.1. The first kappa shape index (κ1) is 23.8. The van der Waals surface area contributed by atoms with Crippen LogP contribution in [0.25, 0.3) is 5.69 Å². The summed E-state index contributed by atoms with van der Waals surface area (Å²) >= 11 is 3.15. The van der Waals surface area contributed by atoms with Crippen LogP contribution in [0.1, 0.15) is 17.0 Å². The Morgan fingerprint density at radius 3 is 2.35 bits per heavy atom. The molecule has 4 rings (SSSR count). The minimum atomic E-state index is -0.323. The summed E-state index contributed by atoms with van der Waals surface area (Å²) < 4.78 is 15.2. The largest absolute Gasteiger partial charge is 0.331 e. The summed E-state index contributed by atoms with van der Waals surface area (Å²) in [6.45, 7) is 2.23. The molecule has 0 unspecified atom stereocenters. The van der Waals surface area contributed by atoms with Gasteiger partial charge in [-0.3, -0.25) is 4.57 Å². The number of nitrogens with one attached hydrogen (secondary N) is 2. The van der Waals surface area contributed by atoms with E-state index in [1.54, 1.807) is 23.9 Å². The quantitative estimate of drug-likeness (QED) is 0.292. The Balaban J connectivity index is 1.48. The molecule has 4 aromatic rings. The van der Waals surface area contributed by atoms with E-state index in [-0.39, 0.29) is 18.4 Å². The molecule has 0 atom stereocenters. The molecule has 6 nitrogen and oxygen atoms in total. The summed E-state index contributed by atoms with van der Waals surface area (Å²) in [5.41, 5.74) is 3.74. The fourth-order valence-corrected chi connectivity index (χ4v) is 4.53. The topological polar surface area (TPSA) is 71.8 Å². The van der Waals surface area contributed by atoms with Crippen LogP contribution in [0.3, 0.4) is 0 Å². The highest BCUT2D eigenvalue weighted by molar-refractivity contribution is 7.98. The van der Waals surface area contributed by atoms with Crippen molar-refractivity contribution in [3.63, 3.8) is 0 Å². The fourth-order valence-electron chi connectivity index (χ4n) is 3.20. The van der Waals surface area contributed by atoms with E-state index in [1.165, 1.54) is 23.9 Å². The average molecular weight is 494 g/mol. The number of nitrogens with zero attached hydrogens (tertiary/aromatic N) is 3. The summed E-state index contributed by atoms with van der Waals surface area (Å²) in [5.74, 6) is 0.964. The van der Waals surface area contributed by atoms with Crippen LogP contribution in [0, 0.1) is 12.7 Å². The van der Waals surface area contributed by atoms with E-state index < -0.39 is 0 Å². The Bertz CT molecular complexity index is 1240. The van der Waals surface area contributed by atoms with Crippen LogP contribution in [-0.4, -0.2) is 27.1 Å². The monoisotopic (exact) mass is 493 g/mol. The molecule has 0 saturated heterocycles. The van der Waals surface area contributed by atoms with Gasteiger partial charge in [-0.05, 0) is 67.3 Å². The maximum absolute atomic E-state index is 13.2. The zero-order valence-electron chi connectivity index (χ0n) is 18.8. The Labute approximate surface area is 206 Å². The highest BCUT2D eigenvalue weighted by Crippen LogP contribution is 2.26. The average Bonchev–Trinajstić information content (AvgIpc) is 3.26. The summed E-state index contributed by atoms with van der Waals surface area (Å²) in [4.78, 5) is 13.6. The van der Waals surface area contributed by atoms with E-state index in [0.29, 0.717) is 22.4 Å². The lowest BCUT2D eigenvalue weighted by Crippen LogP contribution is -2.29. The Hall–Kier alpha value is -3.30. The highest BCUT2D eigenvalue weighted by Gasteiger charge is 2.16. The molecule has 1 aromatic heterocycles. The van der Waals surface area contributed by atoms with Crippen molar-refractivity contribution < 1.29 is 9.18 Å². The maximum atomic E-state index is 13.2. The smallest absolute Gasteiger partial charge is 0.319 e. The molecule has 9 heteroatoms. The van der Waals surface area contributed by atoms with E-state index in [1.807, 2.05) is 66.3 Å². The molecule has 3 aromatic carbocycles. The van der Waals surface area contributed by atoms with Crippen molar-refractivity contribution in [3.05, 3.63) is 95.6 Å². The van der Waals surface area contributed by atoms with Gasteiger partial charge in [-0.1, -0.05) is 41.6 Å². The normalized spacial score (nSPS) is 10.8. The van der Waals surface area contributed by atoms with Crippen LogP contribution in [0.4, 0.5) is 14.9 Å². The number of amides is 2. The molecule has 0 spiro atoms. The van der Waals surface area contributed by atoms with Crippen LogP contribution in [-0.2, 0) is 12.3 Å². The predicted octanol–water partition coefficient (Wildman–Crippen LogP) is 6.05. The third kappa shape index (κ3) is 6.18. The standard InChI is InChI=1S/C25H24FN5OS2/c1-17-3-11-21(12-4-17)31-23(15-27-24(32)28-20-9-13-22(33-2)14-10-20)29-30-25(31)34-16-18-5-7-19(26)8-6-18/h3-14H,15-16H2,1-2H3,(H2,27,28,32). The van der Waals surface area contributed by atoms with Crippen molar-refractivity contribution in [3.8, 4) is 5.69 Å². The number of carbonyl (C=O) groups is 1.